The highest BCUT2D eigenvalue weighted by Gasteiger charge is 2.53. The number of sulfone groups is 1. The number of nitrogens with zero attached hydrogens (tertiary/aromatic N) is 1. The molecule has 0 aromatic heterocycles. The monoisotopic (exact) mass is 559 g/mol. The number of carbonyl (C=O) groups is 1. The maximum atomic E-state index is 15.4. The van der Waals surface area contributed by atoms with Crippen LogP contribution in [0.15, 0.2) is 35.2 Å². The van der Waals surface area contributed by atoms with Gasteiger partial charge in [0.25, 0.3) is 0 Å². The van der Waals surface area contributed by atoms with Gasteiger partial charge in [-0.15, -0.1) is 0 Å². The van der Waals surface area contributed by atoms with E-state index in [-0.39, 0.29) is 11.3 Å². The van der Waals surface area contributed by atoms with E-state index in [0.717, 1.165) is 36.6 Å². The molecule has 38 heavy (non-hydrogen) atoms. The van der Waals surface area contributed by atoms with Crippen molar-refractivity contribution in [2.45, 2.75) is 54.0 Å². The van der Waals surface area contributed by atoms with Crippen molar-refractivity contribution in [3.63, 3.8) is 0 Å². The Hall–Kier alpha value is -3.26. The third-order valence-electron chi connectivity index (χ3n) is 6.06. The minimum absolute atomic E-state index is 0.150. The van der Waals surface area contributed by atoms with E-state index in [1.165, 1.54) is 0 Å². The zero-order valence-corrected chi connectivity index (χ0v) is 20.0. The van der Waals surface area contributed by atoms with E-state index in [4.69, 9.17) is 19.5 Å². The van der Waals surface area contributed by atoms with Crippen molar-refractivity contribution < 1.29 is 61.0 Å². The lowest BCUT2D eigenvalue weighted by molar-refractivity contribution is -0.309. The number of rotatable bonds is 6. The normalized spacial score (nSPS) is 30.9. The Balaban J connectivity index is 1.79. The molecule has 15 heteroatoms. The van der Waals surface area contributed by atoms with Crippen LogP contribution in [0.4, 0.5) is 13.2 Å². The Morgan fingerprint density at radius 1 is 1.08 bits per heavy atom. The largest absolute Gasteiger partial charge is 0.479 e. The molecule has 1 fully saturated rings. The zero-order valence-electron chi connectivity index (χ0n) is 19.2. The first-order valence-electron chi connectivity index (χ1n) is 10.9. The summed E-state index contributed by atoms with van der Waals surface area (Å²) >= 11 is 0. The highest BCUT2D eigenvalue weighted by atomic mass is 32.2. The van der Waals surface area contributed by atoms with Crippen LogP contribution in [0, 0.1) is 17.1 Å². The molecule has 1 saturated heterocycles. The number of halogens is 3. The smallest absolute Gasteiger partial charge is 0.335 e. The van der Waals surface area contributed by atoms with Gasteiger partial charge in [0.1, 0.15) is 41.7 Å². The summed E-state index contributed by atoms with van der Waals surface area (Å²) in [6.45, 7) is 0. The van der Waals surface area contributed by atoms with Gasteiger partial charge in [-0.3, -0.25) is 0 Å². The standard InChI is InChI=1S/C23H20F3NO10S/c1-38(33,34)12-3-2-11(35-10-5-8(7-27)4-9(24)6-10)13-14(12)20(16(26)15(13)25)36-23-19(30)17(28)18(29)21(37-23)22(31)32/h2-6,15-21,23,28-30H,1H3,(H,31,32)/t15-,16-,17+,18+,19-,20+,21+,23-/m1/s1. The number of fused-ring (bicyclic) bond motifs is 1. The van der Waals surface area contributed by atoms with Crippen LogP contribution >= 0.6 is 0 Å². The predicted molar refractivity (Wildman–Crippen MR) is 118 cm³/mol. The van der Waals surface area contributed by atoms with Crippen molar-refractivity contribution in [3.05, 3.63) is 52.8 Å². The molecule has 0 bridgehead atoms. The molecule has 0 saturated carbocycles. The topological polar surface area (TPSA) is 184 Å². The van der Waals surface area contributed by atoms with E-state index in [9.17, 15) is 38.0 Å². The van der Waals surface area contributed by atoms with Crippen LogP contribution in [0.2, 0.25) is 0 Å². The zero-order chi connectivity index (χ0) is 28.1. The second kappa shape index (κ2) is 10.1. The molecule has 8 atom stereocenters. The first-order valence-corrected chi connectivity index (χ1v) is 12.7. The molecule has 2 aromatic carbocycles. The number of aliphatic hydroxyl groups is 3. The molecular weight excluding hydrogens is 539 g/mol. The van der Waals surface area contributed by atoms with Crippen LogP contribution in [0.25, 0.3) is 0 Å². The SMILES string of the molecule is CS(=O)(=O)c1ccc(Oc2cc(F)cc(C#N)c2)c2c1[C@H](O[C@@H]1O[C@H](C(=O)O)[C@@H](O)[C@H](O)[C@H]1O)[C@H](F)[C@@H]2F. The van der Waals surface area contributed by atoms with Crippen LogP contribution in [-0.2, 0) is 24.1 Å². The molecule has 0 radical (unpaired) electrons. The Kier molecular flexibility index (Phi) is 7.40. The van der Waals surface area contributed by atoms with Gasteiger partial charge in [0.05, 0.1) is 16.5 Å². The first-order chi connectivity index (χ1) is 17.7. The molecule has 1 heterocycles. The van der Waals surface area contributed by atoms with Gasteiger partial charge < -0.3 is 34.6 Å². The van der Waals surface area contributed by atoms with Crippen molar-refractivity contribution >= 4 is 15.8 Å². The molecule has 1 aliphatic carbocycles. The number of benzene rings is 2. The van der Waals surface area contributed by atoms with Gasteiger partial charge in [-0.2, -0.15) is 5.26 Å². The van der Waals surface area contributed by atoms with Crippen molar-refractivity contribution in [3.8, 4) is 17.6 Å². The summed E-state index contributed by atoms with van der Waals surface area (Å²) in [5.74, 6) is -3.35. The molecule has 204 valence electrons. The van der Waals surface area contributed by atoms with E-state index in [1.54, 1.807) is 6.07 Å². The molecule has 4 N–H and O–H groups in total. The lowest BCUT2D eigenvalue weighted by Crippen LogP contribution is -2.60. The average molecular weight is 559 g/mol. The van der Waals surface area contributed by atoms with Gasteiger partial charge in [0.15, 0.2) is 34.6 Å². The molecule has 0 unspecified atom stereocenters. The number of aliphatic carboxylic acids is 1. The summed E-state index contributed by atoms with van der Waals surface area (Å²) < 4.78 is 85.3. The van der Waals surface area contributed by atoms with Crippen molar-refractivity contribution in [1.82, 2.24) is 0 Å². The molecule has 2 aromatic rings. The Labute approximate surface area is 213 Å². The lowest BCUT2D eigenvalue weighted by atomic mass is 9.99. The van der Waals surface area contributed by atoms with Crippen molar-refractivity contribution in [2.24, 2.45) is 0 Å². The van der Waals surface area contributed by atoms with Gasteiger partial charge in [0, 0.05) is 23.4 Å². The number of alkyl halides is 2. The molecule has 4 rings (SSSR count). The third-order valence-corrected chi connectivity index (χ3v) is 7.21. The fraction of sp³-hybridized carbons (Fsp3) is 0.391. The third kappa shape index (κ3) is 4.94. The van der Waals surface area contributed by atoms with Gasteiger partial charge >= 0.3 is 5.97 Å². The highest BCUT2D eigenvalue weighted by Crippen LogP contribution is 2.53. The summed E-state index contributed by atoms with van der Waals surface area (Å²) in [4.78, 5) is 10.8. The van der Waals surface area contributed by atoms with Crippen LogP contribution in [-0.4, -0.2) is 77.9 Å². The highest BCUT2D eigenvalue weighted by molar-refractivity contribution is 7.90. The maximum absolute atomic E-state index is 15.4. The number of aliphatic hydroxyl groups excluding tert-OH is 3. The fourth-order valence-electron chi connectivity index (χ4n) is 4.32. The minimum Gasteiger partial charge on any atom is -0.479 e. The molecule has 1 aliphatic heterocycles. The maximum Gasteiger partial charge on any atom is 0.335 e. The molecular formula is C23H20F3NO10S. The number of carboxylic acid groups (broad SMARTS) is 1. The average Bonchev–Trinajstić information content (AvgIpc) is 3.08. The Morgan fingerprint density at radius 2 is 1.76 bits per heavy atom. The van der Waals surface area contributed by atoms with E-state index in [0.29, 0.717) is 0 Å². The number of carboxylic acids is 1. The van der Waals surface area contributed by atoms with Gasteiger partial charge in [-0.1, -0.05) is 0 Å². The lowest BCUT2D eigenvalue weighted by Gasteiger charge is -2.39. The Bertz CT molecular complexity index is 1410. The number of hydrogen-bond acceptors (Lipinski definition) is 10. The van der Waals surface area contributed by atoms with E-state index in [2.05, 4.69) is 0 Å². The first kappa shape index (κ1) is 27.8. The quantitative estimate of drug-likeness (QED) is 0.399. The van der Waals surface area contributed by atoms with Crippen LogP contribution in [0.3, 0.4) is 0 Å². The van der Waals surface area contributed by atoms with Gasteiger partial charge in [-0.05, 0) is 24.3 Å². The van der Waals surface area contributed by atoms with Gasteiger partial charge in [0.2, 0.25) is 0 Å². The second-order valence-electron chi connectivity index (χ2n) is 8.69. The van der Waals surface area contributed by atoms with Crippen LogP contribution < -0.4 is 4.74 Å². The van der Waals surface area contributed by atoms with E-state index >= 15 is 8.78 Å². The van der Waals surface area contributed by atoms with Crippen LogP contribution in [0.5, 0.6) is 11.5 Å². The number of nitriles is 1. The van der Waals surface area contributed by atoms with Crippen molar-refractivity contribution in [2.75, 3.05) is 6.26 Å². The molecule has 0 amide bonds. The summed E-state index contributed by atoms with van der Waals surface area (Å²) in [7, 11) is -4.17. The van der Waals surface area contributed by atoms with E-state index in [1.807, 2.05) is 0 Å². The summed E-state index contributed by atoms with van der Waals surface area (Å²) in [5.41, 5.74) is -1.36. The number of hydrogen-bond donors (Lipinski definition) is 4. The summed E-state index contributed by atoms with van der Waals surface area (Å²) in [6, 6.07) is 6.50. The molecule has 11 nitrogen and oxygen atoms in total. The van der Waals surface area contributed by atoms with Crippen molar-refractivity contribution in [1.29, 1.82) is 5.26 Å². The second-order valence-corrected chi connectivity index (χ2v) is 10.7. The van der Waals surface area contributed by atoms with Crippen LogP contribution in [0.1, 0.15) is 29.0 Å². The fourth-order valence-corrected chi connectivity index (χ4v) is 5.26. The molecule has 2 aliphatic rings. The number of ether oxygens (including phenoxy) is 3. The summed E-state index contributed by atoms with van der Waals surface area (Å²) in [6.07, 6.45) is -17.2. The summed E-state index contributed by atoms with van der Waals surface area (Å²) in [5, 5.41) is 48.4. The Morgan fingerprint density at radius 3 is 2.37 bits per heavy atom. The van der Waals surface area contributed by atoms with E-state index < -0.39 is 92.5 Å². The van der Waals surface area contributed by atoms with Gasteiger partial charge in [-0.25, -0.2) is 26.4 Å². The molecule has 0 spiro atoms. The predicted octanol–water partition coefficient (Wildman–Crippen LogP) is 1.21. The minimum atomic E-state index is -4.17.